The molecule has 0 aliphatic carbocycles. The van der Waals surface area contributed by atoms with Crippen molar-refractivity contribution in [3.05, 3.63) is 28.2 Å². The molecule has 0 aromatic heterocycles. The van der Waals surface area contributed by atoms with E-state index in [2.05, 4.69) is 15.9 Å². The summed E-state index contributed by atoms with van der Waals surface area (Å²) in [5.41, 5.74) is 0.879. The van der Waals surface area contributed by atoms with Gasteiger partial charge < -0.3 is 14.7 Å². The van der Waals surface area contributed by atoms with Crippen molar-refractivity contribution in [3.63, 3.8) is 0 Å². The van der Waals surface area contributed by atoms with E-state index in [-0.39, 0.29) is 17.7 Å². The molecule has 1 amide bonds. The summed E-state index contributed by atoms with van der Waals surface area (Å²) >= 11 is 3.42. The van der Waals surface area contributed by atoms with Crippen molar-refractivity contribution in [1.82, 2.24) is 4.90 Å². The van der Waals surface area contributed by atoms with Crippen LogP contribution in [0.2, 0.25) is 0 Å². The van der Waals surface area contributed by atoms with Gasteiger partial charge in [-0.15, -0.1) is 0 Å². The van der Waals surface area contributed by atoms with Crippen molar-refractivity contribution in [3.8, 4) is 5.75 Å². The minimum atomic E-state index is -0.824. The van der Waals surface area contributed by atoms with Crippen LogP contribution in [0.3, 0.4) is 0 Å². The summed E-state index contributed by atoms with van der Waals surface area (Å²) < 4.78 is 6.50. The molecule has 22 heavy (non-hydrogen) atoms. The second-order valence-corrected chi connectivity index (χ2v) is 7.08. The normalized spacial score (nSPS) is 27.2. The Kier molecular flexibility index (Phi) is 4.12. The summed E-state index contributed by atoms with van der Waals surface area (Å²) in [6, 6.07) is 5.65. The summed E-state index contributed by atoms with van der Waals surface area (Å²) in [6.07, 6.45) is 0.627. The van der Waals surface area contributed by atoms with Gasteiger partial charge >= 0.3 is 5.97 Å². The number of hydrogen-bond donors (Lipinski definition) is 1. The Morgan fingerprint density at radius 3 is 2.86 bits per heavy atom. The number of likely N-dealkylation sites (tertiary alicyclic amines) is 1. The lowest BCUT2D eigenvalue weighted by Gasteiger charge is -2.35. The van der Waals surface area contributed by atoms with Crippen molar-refractivity contribution < 1.29 is 19.4 Å². The standard InChI is InChI=1S/C16H18BrNO4/c1-9-4-10(16(20)21)7-18(6-9)15(19)13-8-22-14-3-2-11(17)5-12(13)14/h2-3,5,9-10,13H,4,6-8H2,1H3,(H,20,21). The molecule has 3 unspecified atom stereocenters. The van der Waals surface area contributed by atoms with Crippen molar-refractivity contribution in [2.24, 2.45) is 11.8 Å². The van der Waals surface area contributed by atoms with Crippen LogP contribution in [0.15, 0.2) is 22.7 Å². The zero-order valence-corrected chi connectivity index (χ0v) is 13.9. The number of piperidine rings is 1. The van der Waals surface area contributed by atoms with Crippen LogP contribution >= 0.6 is 15.9 Å². The molecular weight excluding hydrogens is 350 g/mol. The quantitative estimate of drug-likeness (QED) is 0.871. The molecule has 0 radical (unpaired) electrons. The summed E-state index contributed by atoms with van der Waals surface area (Å²) in [5, 5.41) is 9.25. The number of carboxylic acids is 1. The number of carboxylic acid groups (broad SMARTS) is 1. The zero-order chi connectivity index (χ0) is 15.9. The van der Waals surface area contributed by atoms with Gasteiger partial charge in [0.25, 0.3) is 0 Å². The maximum Gasteiger partial charge on any atom is 0.308 e. The van der Waals surface area contributed by atoms with E-state index >= 15 is 0 Å². The maximum atomic E-state index is 12.8. The third-order valence-electron chi connectivity index (χ3n) is 4.37. The number of carbonyl (C=O) groups is 2. The van der Waals surface area contributed by atoms with Gasteiger partial charge in [0.2, 0.25) is 5.91 Å². The van der Waals surface area contributed by atoms with Crippen molar-refractivity contribution in [1.29, 1.82) is 0 Å². The van der Waals surface area contributed by atoms with E-state index in [1.54, 1.807) is 4.90 Å². The average molecular weight is 368 g/mol. The van der Waals surface area contributed by atoms with Gasteiger partial charge in [-0.25, -0.2) is 0 Å². The molecule has 0 saturated carbocycles. The predicted octanol–water partition coefficient (Wildman–Crippen LogP) is 2.49. The zero-order valence-electron chi connectivity index (χ0n) is 12.3. The van der Waals surface area contributed by atoms with E-state index in [1.165, 1.54) is 0 Å². The predicted molar refractivity (Wildman–Crippen MR) is 83.9 cm³/mol. The molecule has 1 aromatic rings. The smallest absolute Gasteiger partial charge is 0.308 e. The van der Waals surface area contributed by atoms with Gasteiger partial charge in [0.05, 0.1) is 5.92 Å². The van der Waals surface area contributed by atoms with Crippen LogP contribution < -0.4 is 4.74 Å². The molecule has 1 N–H and O–H groups in total. The van der Waals surface area contributed by atoms with E-state index in [0.29, 0.717) is 26.1 Å². The first-order chi connectivity index (χ1) is 10.5. The minimum absolute atomic E-state index is 0.0327. The minimum Gasteiger partial charge on any atom is -0.492 e. The lowest BCUT2D eigenvalue weighted by Crippen LogP contribution is -2.47. The first-order valence-corrected chi connectivity index (χ1v) is 8.19. The van der Waals surface area contributed by atoms with Crippen LogP contribution in [0.25, 0.3) is 0 Å². The van der Waals surface area contributed by atoms with Crippen LogP contribution in [0.1, 0.15) is 24.8 Å². The molecular formula is C16H18BrNO4. The molecule has 1 saturated heterocycles. The van der Waals surface area contributed by atoms with Crippen LogP contribution in [0.4, 0.5) is 0 Å². The van der Waals surface area contributed by atoms with E-state index in [9.17, 15) is 14.7 Å². The number of rotatable bonds is 2. The fraction of sp³-hybridized carbons (Fsp3) is 0.500. The third kappa shape index (κ3) is 2.84. The molecule has 118 valence electrons. The summed E-state index contributed by atoms with van der Waals surface area (Å²) in [4.78, 5) is 25.8. The van der Waals surface area contributed by atoms with Gasteiger partial charge in [-0.05, 0) is 30.5 Å². The Hall–Kier alpha value is -1.56. The Balaban J connectivity index is 1.80. The molecule has 6 heteroatoms. The lowest BCUT2D eigenvalue weighted by atomic mass is 9.89. The second kappa shape index (κ2) is 5.91. The van der Waals surface area contributed by atoms with E-state index < -0.39 is 11.9 Å². The highest BCUT2D eigenvalue weighted by Gasteiger charge is 2.38. The second-order valence-electron chi connectivity index (χ2n) is 6.16. The number of hydrogen-bond acceptors (Lipinski definition) is 3. The topological polar surface area (TPSA) is 66.8 Å². The van der Waals surface area contributed by atoms with Gasteiger partial charge in [-0.2, -0.15) is 0 Å². The molecule has 1 aromatic carbocycles. The molecule has 0 spiro atoms. The van der Waals surface area contributed by atoms with E-state index in [4.69, 9.17) is 4.74 Å². The highest BCUT2D eigenvalue weighted by Crippen LogP contribution is 2.37. The lowest BCUT2D eigenvalue weighted by molar-refractivity contribution is -0.147. The average Bonchev–Trinajstić information content (AvgIpc) is 2.88. The fourth-order valence-corrected chi connectivity index (χ4v) is 3.70. The SMILES string of the molecule is CC1CC(C(=O)O)CN(C(=O)C2COc3ccc(Br)cc32)C1. The van der Waals surface area contributed by atoms with Gasteiger partial charge in [-0.3, -0.25) is 9.59 Å². The Bertz CT molecular complexity index is 618. The molecule has 2 aliphatic heterocycles. The highest BCUT2D eigenvalue weighted by molar-refractivity contribution is 9.10. The van der Waals surface area contributed by atoms with Crippen LogP contribution in [0, 0.1) is 11.8 Å². The molecule has 2 aliphatic rings. The number of aliphatic carboxylic acids is 1. The van der Waals surface area contributed by atoms with Crippen molar-refractivity contribution in [2.45, 2.75) is 19.3 Å². The van der Waals surface area contributed by atoms with E-state index in [0.717, 1.165) is 15.8 Å². The number of amides is 1. The van der Waals surface area contributed by atoms with Crippen LogP contribution in [-0.2, 0) is 9.59 Å². The van der Waals surface area contributed by atoms with Crippen molar-refractivity contribution >= 4 is 27.8 Å². The van der Waals surface area contributed by atoms with Crippen LogP contribution in [0.5, 0.6) is 5.75 Å². The van der Waals surface area contributed by atoms with Crippen LogP contribution in [-0.4, -0.2) is 41.6 Å². The fourth-order valence-electron chi connectivity index (χ4n) is 3.32. The van der Waals surface area contributed by atoms with Gasteiger partial charge in [0.15, 0.2) is 0 Å². The Morgan fingerprint density at radius 2 is 2.14 bits per heavy atom. The Labute approximate surface area is 137 Å². The third-order valence-corrected chi connectivity index (χ3v) is 4.86. The summed E-state index contributed by atoms with van der Waals surface area (Å²) in [7, 11) is 0. The number of halogens is 1. The summed E-state index contributed by atoms with van der Waals surface area (Å²) in [5.74, 6) is -0.737. The van der Waals surface area contributed by atoms with Gasteiger partial charge in [0, 0.05) is 23.1 Å². The number of fused-ring (bicyclic) bond motifs is 1. The molecule has 5 nitrogen and oxygen atoms in total. The van der Waals surface area contributed by atoms with E-state index in [1.807, 2.05) is 25.1 Å². The van der Waals surface area contributed by atoms with Crippen molar-refractivity contribution in [2.75, 3.05) is 19.7 Å². The van der Waals surface area contributed by atoms with Gasteiger partial charge in [0.1, 0.15) is 18.3 Å². The molecule has 3 rings (SSSR count). The number of benzene rings is 1. The largest absolute Gasteiger partial charge is 0.492 e. The molecule has 0 bridgehead atoms. The highest BCUT2D eigenvalue weighted by atomic mass is 79.9. The first-order valence-electron chi connectivity index (χ1n) is 7.39. The number of ether oxygens (including phenoxy) is 1. The molecule has 1 fully saturated rings. The van der Waals surface area contributed by atoms with Gasteiger partial charge in [-0.1, -0.05) is 22.9 Å². The molecule has 2 heterocycles. The monoisotopic (exact) mass is 367 g/mol. The molecule has 3 atom stereocenters. The maximum absolute atomic E-state index is 12.8. The number of carbonyl (C=O) groups excluding carboxylic acids is 1. The summed E-state index contributed by atoms with van der Waals surface area (Å²) in [6.45, 7) is 3.22. The Morgan fingerprint density at radius 1 is 1.36 bits per heavy atom. The number of nitrogens with zero attached hydrogens (tertiary/aromatic N) is 1. The first kappa shape index (κ1) is 15.3.